The molecule has 22 heteroatoms. The monoisotopic (exact) mass is 2640 g/mol. The summed E-state index contributed by atoms with van der Waals surface area (Å²) in [6.45, 7) is 16.6. The van der Waals surface area contributed by atoms with E-state index in [0.717, 1.165) is 134 Å². The van der Waals surface area contributed by atoms with Crippen molar-refractivity contribution < 1.29 is 132 Å². The molecule has 0 N–H and O–H groups in total. The van der Waals surface area contributed by atoms with Gasteiger partial charge in [-0.3, -0.25) is 0 Å². The summed E-state index contributed by atoms with van der Waals surface area (Å²) < 4.78 is 63.8. The van der Waals surface area contributed by atoms with Gasteiger partial charge in [0.1, 0.15) is 0 Å². The Morgan fingerprint density at radius 3 is 1.09 bits per heavy atom. The third-order valence-electron chi connectivity index (χ3n) is 20.8. The first-order valence-electron chi connectivity index (χ1n) is 42.1. The van der Waals surface area contributed by atoms with E-state index in [2.05, 4.69) is 256 Å². The summed E-state index contributed by atoms with van der Waals surface area (Å²) in [7, 11) is 0. The maximum Gasteiger partial charge on any atom is 0.416 e. The second kappa shape index (κ2) is 49.4. The number of fused-ring (bicyclic) bond motifs is 3. The molecule has 0 saturated carbocycles. The number of rotatable bonds is 20. The second-order valence-electron chi connectivity index (χ2n) is 31.0. The Morgan fingerprint density at radius 2 is 0.682 bits per heavy atom. The van der Waals surface area contributed by atoms with Crippen LogP contribution in [0.2, 0.25) is 0 Å². The average molecular weight is 2630 g/mol. The Hall–Kier alpha value is -12.1. The SMILES string of the molecule is CC(C)(C)c1ccc(-c2nnc(-c3cc[c-]c(-c4ccccn4)c3)o2)cc1.CCCCOc1ccc(-c2cc[c-]c(-c3ccccn3)c2)cc1OCCCC.Cc1ccc(C)c(-c2cc[c-]c(-c3ccccn3)c2)c1.FC(F)(F)c1ccc(-c2nnc(-c3cc[c-]c(-c4ccccn4)c3)o2)cc1.[Ir].[Ir].[Ir].[Ir].[Ir].[c-]1ccc(-n2c3ccccc3c3ccccc32)cc1-c1ccccn1. The van der Waals surface area contributed by atoms with E-state index in [9.17, 15) is 13.2 Å². The van der Waals surface area contributed by atoms with Crippen molar-refractivity contribution in [2.24, 2.45) is 0 Å². The Kier molecular flexibility index (Phi) is 38.2. The molecule has 0 aliphatic rings. The van der Waals surface area contributed by atoms with Gasteiger partial charge in [0.15, 0.2) is 11.5 Å². The fraction of sp³-hybridized carbons (Fsp3) is 0.136. The first-order valence-corrected chi connectivity index (χ1v) is 42.1. The minimum Gasteiger partial charge on any atom is -0.490 e. The van der Waals surface area contributed by atoms with Gasteiger partial charge in [-0.25, -0.2) is 0 Å². The van der Waals surface area contributed by atoms with E-state index in [1.807, 2.05) is 164 Å². The molecule has 0 fully saturated rings. The molecule has 0 bridgehead atoms. The summed E-state index contributed by atoms with van der Waals surface area (Å²) in [6.07, 6.45) is 8.78. The molecule has 0 aliphatic heterocycles. The minimum atomic E-state index is -4.39. The summed E-state index contributed by atoms with van der Waals surface area (Å²) in [5.74, 6) is 3.03. The number of nitrogens with zero attached hydrogens (tertiary/aromatic N) is 10. The molecule has 5 radical (unpaired) electrons. The van der Waals surface area contributed by atoms with Crippen molar-refractivity contribution in [2.45, 2.75) is 85.7 Å². The summed E-state index contributed by atoms with van der Waals surface area (Å²) in [6, 6.07) is 118. The molecule has 675 valence electrons. The molecule has 19 rings (SSSR count). The van der Waals surface area contributed by atoms with E-state index in [4.69, 9.17) is 18.3 Å². The molecule has 132 heavy (non-hydrogen) atoms. The molecule has 0 amide bonds. The van der Waals surface area contributed by atoms with Crippen molar-refractivity contribution in [1.29, 1.82) is 0 Å². The van der Waals surface area contributed by atoms with Crippen LogP contribution in [0.5, 0.6) is 11.5 Å². The van der Waals surface area contributed by atoms with Crippen LogP contribution in [0.3, 0.4) is 0 Å². The van der Waals surface area contributed by atoms with Crippen LogP contribution in [0.4, 0.5) is 13.2 Å². The van der Waals surface area contributed by atoms with Crippen LogP contribution < -0.4 is 9.47 Å². The van der Waals surface area contributed by atoms with Crippen molar-refractivity contribution in [3.05, 3.63) is 399 Å². The number of aryl methyl sites for hydroxylation is 2. The van der Waals surface area contributed by atoms with Gasteiger partial charge < -0.3 is 47.8 Å². The standard InChI is InChI=1S/C25H28NO2.C23H20N3O.C23H15N2.C20H11F3N3O.C19H16N.5Ir/c1-3-5-16-27-24-14-13-21(19-25(24)28-17-6-4-2)20-10-9-11-22(18-20)23-12-7-8-15-26-23;1-23(2,3)19-12-10-16(11-13-19)21-25-26-22(27-21)18-8-6-7-17(15-18)20-9-4-5-14-24-20;1-3-13-22-19(10-1)20-11-2-4-14-23(20)25(22)18-9-7-8-17(16-18)21-12-5-6-15-24-21;21-20(22,23)16-9-7-13(8-10-16)18-25-26-19(27-18)15-5-3-4-14(12-15)17-6-1-2-11-24-17;1-14-9-10-15(2)18(12-14)16-6-5-7-17(13-16)19-8-3-4-11-20-19;;;;;/h7-10,12-15,18-19H,3-6,16-17H2,1-2H3;4-6,8-15H,1-3H3;1-7,9-16H;1-3,5-12H;3-6,8-13H,1-2H3;;;;;/q5*-1;;;;;. The molecule has 8 aromatic heterocycles. The Labute approximate surface area is 835 Å². The number of unbranched alkanes of at least 4 members (excludes halogenated alkanes) is 2. The average Bonchev–Trinajstić information content (AvgIpc) is 1.60. The number of aromatic nitrogens is 10. The molecule has 0 saturated heterocycles. The van der Waals surface area contributed by atoms with Crippen molar-refractivity contribution >= 4 is 21.8 Å². The van der Waals surface area contributed by atoms with E-state index in [-0.39, 0.29) is 118 Å². The summed E-state index contributed by atoms with van der Waals surface area (Å²) in [5.41, 5.74) is 23.4. The number of pyridine rings is 5. The van der Waals surface area contributed by atoms with Gasteiger partial charge in [0.25, 0.3) is 0 Å². The fourth-order valence-electron chi connectivity index (χ4n) is 14.1. The van der Waals surface area contributed by atoms with Gasteiger partial charge in [0.2, 0.25) is 23.6 Å². The molecule has 0 unspecified atom stereocenters. The van der Waals surface area contributed by atoms with E-state index < -0.39 is 11.7 Å². The fourth-order valence-corrected chi connectivity index (χ4v) is 14.1. The maximum atomic E-state index is 12.7. The molecule has 14 nitrogen and oxygen atoms in total. The van der Waals surface area contributed by atoms with Gasteiger partial charge in [0.05, 0.1) is 29.8 Å². The van der Waals surface area contributed by atoms with Crippen LogP contribution in [-0.4, -0.2) is 63.1 Å². The topological polar surface area (TPSA) is 166 Å². The smallest absolute Gasteiger partial charge is 0.416 e. The Bertz CT molecular complexity index is 6590. The number of ether oxygens (including phenoxy) is 2. The number of halogens is 3. The quantitative estimate of drug-likeness (QED) is 0.0523. The zero-order valence-electron chi connectivity index (χ0n) is 73.1. The summed E-state index contributed by atoms with van der Waals surface area (Å²) >= 11 is 0. The van der Waals surface area contributed by atoms with Crippen LogP contribution in [0, 0.1) is 44.2 Å². The van der Waals surface area contributed by atoms with Crippen molar-refractivity contribution in [3.8, 4) is 142 Å². The predicted octanol–water partition coefficient (Wildman–Crippen LogP) is 27.9. The largest absolute Gasteiger partial charge is 0.490 e. The molecule has 11 aromatic carbocycles. The van der Waals surface area contributed by atoms with E-state index in [1.165, 1.54) is 61.8 Å². The number of para-hydroxylation sites is 2. The number of hydrogen-bond donors (Lipinski definition) is 0. The molecule has 8 heterocycles. The van der Waals surface area contributed by atoms with Crippen LogP contribution >= 0.6 is 0 Å². The third kappa shape index (κ3) is 26.6. The zero-order chi connectivity index (χ0) is 87.9. The minimum absolute atomic E-state index is 0. The predicted molar refractivity (Wildman–Crippen MR) is 499 cm³/mol. The molecule has 0 atom stereocenters. The van der Waals surface area contributed by atoms with Crippen molar-refractivity contribution in [2.75, 3.05) is 13.2 Å². The Morgan fingerprint density at radius 1 is 0.333 bits per heavy atom. The van der Waals surface area contributed by atoms with Gasteiger partial charge in [-0.2, -0.15) is 13.2 Å². The molecular formula is C110H90F3Ir5N10O4-5. The molecule has 0 aliphatic carbocycles. The molecule has 0 spiro atoms. The van der Waals surface area contributed by atoms with Crippen LogP contribution in [0.25, 0.3) is 152 Å². The third-order valence-corrected chi connectivity index (χ3v) is 20.8. The first-order chi connectivity index (χ1) is 62.0. The van der Waals surface area contributed by atoms with Gasteiger partial charge >= 0.3 is 6.18 Å². The first kappa shape index (κ1) is 102. The summed E-state index contributed by atoms with van der Waals surface area (Å²) in [5, 5.41) is 18.9. The van der Waals surface area contributed by atoms with E-state index in [1.54, 1.807) is 30.7 Å². The second-order valence-corrected chi connectivity index (χ2v) is 31.0. The van der Waals surface area contributed by atoms with Gasteiger partial charge in [-0.05, 0) is 191 Å². The summed E-state index contributed by atoms with van der Waals surface area (Å²) in [4.78, 5) is 21.9. The van der Waals surface area contributed by atoms with Gasteiger partial charge in [0, 0.05) is 153 Å². The van der Waals surface area contributed by atoms with Crippen molar-refractivity contribution in [1.82, 2.24) is 49.9 Å². The maximum absolute atomic E-state index is 12.7. The van der Waals surface area contributed by atoms with E-state index >= 15 is 0 Å². The number of alkyl halides is 3. The number of benzene rings is 11. The van der Waals surface area contributed by atoms with Crippen LogP contribution in [-0.2, 0) is 112 Å². The van der Waals surface area contributed by atoms with E-state index in [0.29, 0.717) is 36.1 Å². The van der Waals surface area contributed by atoms with Gasteiger partial charge in [-0.1, -0.05) is 186 Å². The van der Waals surface area contributed by atoms with Gasteiger partial charge in [-0.15, -0.1) is 181 Å². The number of hydrogen-bond acceptors (Lipinski definition) is 13. The van der Waals surface area contributed by atoms with Crippen molar-refractivity contribution in [3.63, 3.8) is 0 Å². The zero-order valence-corrected chi connectivity index (χ0v) is 85.0. The normalized spacial score (nSPS) is 10.7. The van der Waals surface area contributed by atoms with Crippen LogP contribution in [0.15, 0.2) is 355 Å². The molecule has 19 aromatic rings. The molecular weight excluding hydrogens is 2540 g/mol. The Balaban J connectivity index is 0.000000170. The van der Waals surface area contributed by atoms with Crippen LogP contribution in [0.1, 0.15) is 82.6 Å².